The van der Waals surface area contributed by atoms with Gasteiger partial charge >= 0.3 is 12.2 Å². The number of halogens is 3. The van der Waals surface area contributed by atoms with E-state index in [2.05, 4.69) is 9.97 Å². The zero-order valence-electron chi connectivity index (χ0n) is 10.6. The Morgan fingerprint density at radius 2 is 1.71 bits per heavy atom. The fraction of sp³-hybridized carbons (Fsp3) is 0.0667. The molecule has 0 saturated heterocycles. The van der Waals surface area contributed by atoms with Crippen molar-refractivity contribution in [3.8, 4) is 11.8 Å². The third-order valence-electron chi connectivity index (χ3n) is 2.84. The molecule has 6 heteroatoms. The van der Waals surface area contributed by atoms with Crippen LogP contribution in [-0.2, 0) is 6.18 Å². The molecule has 0 fully saturated rings. The lowest BCUT2D eigenvalue weighted by Crippen LogP contribution is -2.04. The van der Waals surface area contributed by atoms with Gasteiger partial charge < -0.3 is 4.74 Å². The molecule has 0 aliphatic carbocycles. The summed E-state index contributed by atoms with van der Waals surface area (Å²) in [5, 5.41) is 0.310. The van der Waals surface area contributed by atoms with E-state index in [1.54, 1.807) is 24.3 Å². The molecule has 0 spiro atoms. The number of ether oxygens (including phenoxy) is 1. The Hall–Kier alpha value is -2.63. The monoisotopic (exact) mass is 290 g/mol. The summed E-state index contributed by atoms with van der Waals surface area (Å²) in [5.74, 6) is 0.559. The van der Waals surface area contributed by atoms with Crippen LogP contribution in [0.3, 0.4) is 0 Å². The first kappa shape index (κ1) is 13.4. The standard InChI is InChI=1S/C15H9F3N2O/c16-15(17,18)11-6-7-13-10(8-11)9-19-14(20-13)21-12-4-2-1-3-5-12/h1-9H. The highest BCUT2D eigenvalue weighted by molar-refractivity contribution is 5.78. The second-order valence-corrected chi connectivity index (χ2v) is 4.34. The van der Waals surface area contributed by atoms with Gasteiger partial charge in [0.25, 0.3) is 0 Å². The smallest absolute Gasteiger partial charge is 0.416 e. The van der Waals surface area contributed by atoms with Crippen molar-refractivity contribution >= 4 is 10.9 Å². The van der Waals surface area contributed by atoms with Gasteiger partial charge in [-0.2, -0.15) is 18.2 Å². The third kappa shape index (κ3) is 2.94. The van der Waals surface area contributed by atoms with Gasteiger partial charge in [0.05, 0.1) is 11.1 Å². The molecule has 0 radical (unpaired) electrons. The summed E-state index contributed by atoms with van der Waals surface area (Å²) in [6, 6.07) is 12.3. The fourth-order valence-corrected chi connectivity index (χ4v) is 1.84. The number of aromatic nitrogens is 2. The first-order valence-corrected chi connectivity index (χ1v) is 6.09. The third-order valence-corrected chi connectivity index (χ3v) is 2.84. The maximum absolute atomic E-state index is 12.6. The van der Waals surface area contributed by atoms with Crippen molar-refractivity contribution in [3.63, 3.8) is 0 Å². The maximum atomic E-state index is 12.6. The minimum Gasteiger partial charge on any atom is -0.424 e. The number of nitrogens with zero attached hydrogens (tertiary/aromatic N) is 2. The van der Waals surface area contributed by atoms with Crippen LogP contribution in [0.5, 0.6) is 11.8 Å². The molecule has 0 N–H and O–H groups in total. The highest BCUT2D eigenvalue weighted by Gasteiger charge is 2.30. The van der Waals surface area contributed by atoms with Crippen molar-refractivity contribution in [2.45, 2.75) is 6.18 Å². The molecule has 1 aromatic heterocycles. The summed E-state index contributed by atoms with van der Waals surface area (Å²) < 4.78 is 43.3. The molecule has 0 bridgehead atoms. The normalized spacial score (nSPS) is 11.6. The lowest BCUT2D eigenvalue weighted by Gasteiger charge is -2.08. The van der Waals surface area contributed by atoms with Gasteiger partial charge in [-0.3, -0.25) is 0 Å². The van der Waals surface area contributed by atoms with Crippen LogP contribution in [0.1, 0.15) is 5.56 Å². The zero-order valence-corrected chi connectivity index (χ0v) is 10.6. The number of fused-ring (bicyclic) bond motifs is 1. The van der Waals surface area contributed by atoms with Gasteiger partial charge in [0.2, 0.25) is 0 Å². The molecule has 0 saturated carbocycles. The SMILES string of the molecule is FC(F)(F)c1ccc2nc(Oc3ccccc3)ncc2c1. The summed E-state index contributed by atoms with van der Waals surface area (Å²) in [5.41, 5.74) is -0.334. The Balaban J connectivity index is 1.94. The molecule has 0 aliphatic rings. The van der Waals surface area contributed by atoms with Crippen molar-refractivity contribution in [2.24, 2.45) is 0 Å². The van der Waals surface area contributed by atoms with Crippen LogP contribution in [0.15, 0.2) is 54.7 Å². The average Bonchev–Trinajstić information content (AvgIpc) is 2.47. The van der Waals surface area contributed by atoms with Gasteiger partial charge in [-0.1, -0.05) is 18.2 Å². The van der Waals surface area contributed by atoms with Crippen LogP contribution in [0.4, 0.5) is 13.2 Å². The number of alkyl halides is 3. The second kappa shape index (κ2) is 5.05. The summed E-state index contributed by atoms with van der Waals surface area (Å²) in [6.45, 7) is 0. The first-order valence-electron chi connectivity index (χ1n) is 6.09. The Morgan fingerprint density at radius 3 is 2.43 bits per heavy atom. The van der Waals surface area contributed by atoms with Crippen molar-refractivity contribution in [2.75, 3.05) is 0 Å². The molecule has 3 nitrogen and oxygen atoms in total. The molecule has 1 heterocycles. The van der Waals surface area contributed by atoms with Crippen molar-refractivity contribution in [1.82, 2.24) is 9.97 Å². The van der Waals surface area contributed by atoms with Gasteiger partial charge in [0.15, 0.2) is 0 Å². The van der Waals surface area contributed by atoms with Crippen molar-refractivity contribution in [1.29, 1.82) is 0 Å². The maximum Gasteiger partial charge on any atom is 0.416 e. The van der Waals surface area contributed by atoms with Crippen LogP contribution >= 0.6 is 0 Å². The minimum atomic E-state index is -4.38. The van der Waals surface area contributed by atoms with E-state index in [-0.39, 0.29) is 6.01 Å². The number of rotatable bonds is 2. The van der Waals surface area contributed by atoms with Gasteiger partial charge in [0.1, 0.15) is 5.75 Å². The zero-order chi connectivity index (χ0) is 14.9. The molecule has 0 unspecified atom stereocenters. The second-order valence-electron chi connectivity index (χ2n) is 4.34. The Morgan fingerprint density at radius 1 is 0.952 bits per heavy atom. The van der Waals surface area contributed by atoms with Crippen LogP contribution in [-0.4, -0.2) is 9.97 Å². The number of para-hydroxylation sites is 1. The molecule has 0 amide bonds. The summed E-state index contributed by atoms with van der Waals surface area (Å²) >= 11 is 0. The van der Waals surface area contributed by atoms with E-state index in [4.69, 9.17) is 4.74 Å². The van der Waals surface area contributed by atoms with Crippen LogP contribution in [0.2, 0.25) is 0 Å². The molecule has 0 atom stereocenters. The Labute approximate surface area is 118 Å². The van der Waals surface area contributed by atoms with Crippen LogP contribution in [0.25, 0.3) is 10.9 Å². The van der Waals surface area contributed by atoms with E-state index in [9.17, 15) is 13.2 Å². The molecular weight excluding hydrogens is 281 g/mol. The summed E-state index contributed by atoms with van der Waals surface area (Å²) in [4.78, 5) is 8.02. The molecule has 3 rings (SSSR count). The van der Waals surface area contributed by atoms with Crippen LogP contribution < -0.4 is 4.74 Å². The van der Waals surface area contributed by atoms with Crippen LogP contribution in [0, 0.1) is 0 Å². The summed E-state index contributed by atoms with van der Waals surface area (Å²) in [7, 11) is 0. The molecule has 106 valence electrons. The van der Waals surface area contributed by atoms with E-state index in [1.807, 2.05) is 6.07 Å². The molecule has 3 aromatic rings. The van der Waals surface area contributed by atoms with E-state index in [1.165, 1.54) is 12.3 Å². The predicted octanol–water partition coefficient (Wildman–Crippen LogP) is 4.44. The fourth-order valence-electron chi connectivity index (χ4n) is 1.84. The Kier molecular flexibility index (Phi) is 3.21. The molecular formula is C15H9F3N2O. The lowest BCUT2D eigenvalue weighted by atomic mass is 10.1. The molecule has 0 aliphatic heterocycles. The van der Waals surface area contributed by atoms with E-state index >= 15 is 0 Å². The largest absolute Gasteiger partial charge is 0.424 e. The quantitative estimate of drug-likeness (QED) is 0.699. The van der Waals surface area contributed by atoms with E-state index in [0.717, 1.165) is 12.1 Å². The highest BCUT2D eigenvalue weighted by atomic mass is 19.4. The van der Waals surface area contributed by atoms with Gasteiger partial charge in [-0.05, 0) is 30.3 Å². The summed E-state index contributed by atoms with van der Waals surface area (Å²) in [6.07, 6.45) is -3.07. The van der Waals surface area contributed by atoms with E-state index in [0.29, 0.717) is 16.7 Å². The minimum absolute atomic E-state index is 0.0912. The predicted molar refractivity (Wildman–Crippen MR) is 71.1 cm³/mol. The first-order chi connectivity index (χ1) is 10.0. The Bertz CT molecular complexity index is 773. The number of hydrogen-bond donors (Lipinski definition) is 0. The van der Waals surface area contributed by atoms with E-state index < -0.39 is 11.7 Å². The molecule has 2 aromatic carbocycles. The number of benzene rings is 2. The molecule has 21 heavy (non-hydrogen) atoms. The topological polar surface area (TPSA) is 35.0 Å². The van der Waals surface area contributed by atoms with Crippen molar-refractivity contribution < 1.29 is 17.9 Å². The van der Waals surface area contributed by atoms with Gasteiger partial charge in [-0.15, -0.1) is 0 Å². The van der Waals surface area contributed by atoms with Crippen molar-refractivity contribution in [3.05, 3.63) is 60.3 Å². The van der Waals surface area contributed by atoms with Gasteiger partial charge in [0, 0.05) is 11.6 Å². The van der Waals surface area contributed by atoms with Gasteiger partial charge in [-0.25, -0.2) is 4.98 Å². The number of hydrogen-bond acceptors (Lipinski definition) is 3. The average molecular weight is 290 g/mol. The highest BCUT2D eigenvalue weighted by Crippen LogP contribution is 2.31. The lowest BCUT2D eigenvalue weighted by molar-refractivity contribution is -0.137.